The van der Waals surface area contributed by atoms with Gasteiger partial charge in [0, 0.05) is 5.56 Å². The Bertz CT molecular complexity index is 1170. The molecule has 0 aliphatic rings. The molecule has 0 amide bonds. The van der Waals surface area contributed by atoms with Gasteiger partial charge in [0.2, 0.25) is 6.79 Å². The molecule has 0 saturated heterocycles. The largest absolute Gasteiger partial charge is 0.478 e. The smallest absolute Gasteiger partial charge is 0.342 e. The number of carboxylic acid groups (broad SMARTS) is 2. The maximum atomic E-state index is 12.3. The maximum absolute atomic E-state index is 12.3. The SMILES string of the molecule is O=C(O)c1c(Cl)c(Cl)c(Cl)c(Cl)c1COOCOC(=O)c1c(Cl)c(Cl)c(Cl)c(Cl)c1C(=O)O. The van der Waals surface area contributed by atoms with Crippen molar-refractivity contribution in [3.63, 3.8) is 0 Å². The summed E-state index contributed by atoms with van der Waals surface area (Å²) < 4.78 is 4.75. The first-order valence-electron chi connectivity index (χ1n) is 7.91. The summed E-state index contributed by atoms with van der Waals surface area (Å²) in [5.41, 5.74) is -2.09. The van der Waals surface area contributed by atoms with E-state index in [-0.39, 0.29) is 35.7 Å². The molecule has 0 aliphatic carbocycles. The minimum Gasteiger partial charge on any atom is -0.478 e. The van der Waals surface area contributed by atoms with Crippen molar-refractivity contribution in [2.45, 2.75) is 6.61 Å². The van der Waals surface area contributed by atoms with E-state index in [0.717, 1.165) is 0 Å². The zero-order valence-electron chi connectivity index (χ0n) is 15.3. The van der Waals surface area contributed by atoms with Crippen molar-refractivity contribution >= 4 is 111 Å². The lowest BCUT2D eigenvalue weighted by Crippen LogP contribution is -2.16. The van der Waals surface area contributed by atoms with Crippen LogP contribution >= 0.6 is 92.8 Å². The summed E-state index contributed by atoms with van der Waals surface area (Å²) in [6.07, 6.45) is 0. The van der Waals surface area contributed by atoms with Gasteiger partial charge in [0.1, 0.15) is 6.61 Å². The molecule has 2 aromatic carbocycles. The number of carbonyl (C=O) groups excluding carboxylic acids is 1. The molecule has 0 saturated carbocycles. The Balaban J connectivity index is 2.15. The Labute approximate surface area is 224 Å². The molecule has 0 fully saturated rings. The molecule has 0 atom stereocenters. The highest BCUT2D eigenvalue weighted by molar-refractivity contribution is 6.54. The fourth-order valence-corrected chi connectivity index (χ4v) is 4.38. The lowest BCUT2D eigenvalue weighted by atomic mass is 10.1. The fourth-order valence-electron chi connectivity index (χ4n) is 2.34. The Kier molecular flexibility index (Phi) is 10.0. The summed E-state index contributed by atoms with van der Waals surface area (Å²) in [4.78, 5) is 44.8. The first-order valence-corrected chi connectivity index (χ1v) is 10.9. The standard InChI is InChI=1S/C17H6Cl8O8/c18-7-3(4(15(26)27)8(19)12(23)11(7)22)1-32-33-2-31-17(30)6-5(16(28)29)9(20)13(24)14(25)10(6)21/h1-2H2,(H,26,27)(H,28,29). The number of hydrogen-bond acceptors (Lipinski definition) is 6. The van der Waals surface area contributed by atoms with E-state index in [1.54, 1.807) is 0 Å². The molecule has 0 heterocycles. The van der Waals surface area contributed by atoms with Crippen LogP contribution in [0.4, 0.5) is 0 Å². The van der Waals surface area contributed by atoms with Crippen molar-refractivity contribution < 1.29 is 39.1 Å². The van der Waals surface area contributed by atoms with E-state index in [9.17, 15) is 24.6 Å². The number of hydrogen-bond donors (Lipinski definition) is 2. The zero-order chi connectivity index (χ0) is 25.2. The fraction of sp³-hybridized carbons (Fsp3) is 0.118. The van der Waals surface area contributed by atoms with Crippen LogP contribution in [-0.2, 0) is 21.1 Å². The van der Waals surface area contributed by atoms with Gasteiger partial charge >= 0.3 is 17.9 Å². The number of ether oxygens (including phenoxy) is 1. The van der Waals surface area contributed by atoms with Crippen molar-refractivity contribution in [2.24, 2.45) is 0 Å². The molecular weight excluding hydrogens is 616 g/mol. The number of aromatic carboxylic acids is 2. The molecule has 178 valence electrons. The molecule has 0 unspecified atom stereocenters. The molecule has 0 bridgehead atoms. The summed E-state index contributed by atoms with van der Waals surface area (Å²) in [7, 11) is 0. The lowest BCUT2D eigenvalue weighted by molar-refractivity contribution is -0.335. The number of rotatable bonds is 8. The molecule has 0 aliphatic heterocycles. The van der Waals surface area contributed by atoms with Crippen LogP contribution in [0.25, 0.3) is 0 Å². The van der Waals surface area contributed by atoms with Gasteiger partial charge in [-0.3, -0.25) is 0 Å². The van der Waals surface area contributed by atoms with Crippen LogP contribution in [0.3, 0.4) is 0 Å². The van der Waals surface area contributed by atoms with E-state index >= 15 is 0 Å². The highest BCUT2D eigenvalue weighted by atomic mass is 35.5. The quantitative estimate of drug-likeness (QED) is 0.0589. The minimum atomic E-state index is -1.63. The second-order valence-corrected chi connectivity index (χ2v) is 8.68. The molecule has 33 heavy (non-hydrogen) atoms. The Morgan fingerprint density at radius 3 is 1.48 bits per heavy atom. The van der Waals surface area contributed by atoms with Crippen LogP contribution in [0.1, 0.15) is 36.6 Å². The Hall–Kier alpha value is -0.910. The van der Waals surface area contributed by atoms with Gasteiger partial charge in [-0.15, -0.1) is 0 Å². The lowest BCUT2D eigenvalue weighted by Gasteiger charge is -2.14. The van der Waals surface area contributed by atoms with Gasteiger partial charge in [0.15, 0.2) is 0 Å². The summed E-state index contributed by atoms with van der Waals surface area (Å²) in [5.74, 6) is -4.39. The third-order valence-electron chi connectivity index (χ3n) is 3.79. The molecule has 0 spiro atoms. The highest BCUT2D eigenvalue weighted by Crippen LogP contribution is 2.43. The summed E-state index contributed by atoms with van der Waals surface area (Å²) in [6.45, 7) is -1.50. The summed E-state index contributed by atoms with van der Waals surface area (Å²) in [5, 5.41) is 15.8. The molecule has 0 radical (unpaired) electrons. The number of carbonyl (C=O) groups is 3. The number of esters is 1. The topological polar surface area (TPSA) is 119 Å². The average Bonchev–Trinajstić information content (AvgIpc) is 2.75. The third-order valence-corrected chi connectivity index (χ3v) is 7.43. The van der Waals surface area contributed by atoms with Gasteiger partial charge in [-0.25, -0.2) is 19.3 Å². The van der Waals surface area contributed by atoms with Crippen LogP contribution in [-0.4, -0.2) is 34.9 Å². The van der Waals surface area contributed by atoms with E-state index < -0.39 is 58.0 Å². The number of benzene rings is 2. The van der Waals surface area contributed by atoms with Gasteiger partial charge < -0.3 is 14.9 Å². The Morgan fingerprint density at radius 1 is 0.576 bits per heavy atom. The second kappa shape index (κ2) is 11.7. The normalized spacial score (nSPS) is 10.9. The van der Waals surface area contributed by atoms with Crippen molar-refractivity contribution in [3.8, 4) is 0 Å². The van der Waals surface area contributed by atoms with E-state index in [0.29, 0.717) is 0 Å². The monoisotopic (exact) mass is 618 g/mol. The average molecular weight is 622 g/mol. The van der Waals surface area contributed by atoms with Gasteiger partial charge in [-0.1, -0.05) is 92.8 Å². The molecule has 8 nitrogen and oxygen atoms in total. The van der Waals surface area contributed by atoms with Crippen LogP contribution in [0.5, 0.6) is 0 Å². The molecule has 0 aromatic heterocycles. The van der Waals surface area contributed by atoms with Crippen LogP contribution in [0.15, 0.2) is 0 Å². The first kappa shape index (κ1) is 28.3. The number of halogens is 8. The predicted octanol–water partition coefficient (Wildman–Crippen LogP) is 7.57. The number of carboxylic acids is 2. The predicted molar refractivity (Wildman–Crippen MR) is 123 cm³/mol. The molecule has 2 rings (SSSR count). The molecule has 2 N–H and O–H groups in total. The van der Waals surface area contributed by atoms with E-state index in [1.165, 1.54) is 0 Å². The van der Waals surface area contributed by atoms with Gasteiger partial charge in [-0.2, -0.15) is 4.89 Å². The van der Waals surface area contributed by atoms with Crippen LogP contribution < -0.4 is 0 Å². The molecule has 2 aromatic rings. The van der Waals surface area contributed by atoms with E-state index in [4.69, 9.17) is 102 Å². The Morgan fingerprint density at radius 2 is 1.00 bits per heavy atom. The van der Waals surface area contributed by atoms with Crippen molar-refractivity contribution in [1.29, 1.82) is 0 Å². The van der Waals surface area contributed by atoms with E-state index in [1.807, 2.05) is 0 Å². The van der Waals surface area contributed by atoms with Crippen LogP contribution in [0.2, 0.25) is 40.2 Å². The van der Waals surface area contributed by atoms with Crippen LogP contribution in [0, 0.1) is 0 Å². The summed E-state index contributed by atoms with van der Waals surface area (Å²) >= 11 is 47.1. The van der Waals surface area contributed by atoms with Gasteiger partial charge in [0.05, 0.1) is 56.9 Å². The zero-order valence-corrected chi connectivity index (χ0v) is 21.3. The second-order valence-electron chi connectivity index (χ2n) is 5.66. The van der Waals surface area contributed by atoms with Gasteiger partial charge in [-0.05, 0) is 0 Å². The van der Waals surface area contributed by atoms with Crippen molar-refractivity contribution in [2.75, 3.05) is 6.79 Å². The summed E-state index contributed by atoms with van der Waals surface area (Å²) in [6, 6.07) is 0. The third kappa shape index (κ3) is 5.85. The highest BCUT2D eigenvalue weighted by Gasteiger charge is 2.30. The molecule has 16 heteroatoms. The van der Waals surface area contributed by atoms with Gasteiger partial charge in [0.25, 0.3) is 0 Å². The maximum Gasteiger partial charge on any atom is 0.342 e. The van der Waals surface area contributed by atoms with Crippen molar-refractivity contribution in [1.82, 2.24) is 0 Å². The molecular formula is C17H6Cl8O8. The minimum absolute atomic E-state index is 0.178. The first-order chi connectivity index (χ1) is 15.3. The van der Waals surface area contributed by atoms with E-state index in [2.05, 4.69) is 4.89 Å². The van der Waals surface area contributed by atoms with Crippen molar-refractivity contribution in [3.05, 3.63) is 62.4 Å².